The van der Waals surface area contributed by atoms with Crippen LogP contribution in [0.2, 0.25) is 0 Å². The SMILES string of the molecule is CCCCC(c1ccc(O)c(C(=O)O)c1)c1ccc(O)c(C(=O)O)c1. The van der Waals surface area contributed by atoms with Gasteiger partial charge in [0.25, 0.3) is 0 Å². The van der Waals surface area contributed by atoms with Crippen LogP contribution >= 0.6 is 0 Å². The summed E-state index contributed by atoms with van der Waals surface area (Å²) in [6.45, 7) is 2.02. The number of hydrogen-bond donors (Lipinski definition) is 4. The number of phenols is 2. The molecule has 132 valence electrons. The van der Waals surface area contributed by atoms with Crippen LogP contribution in [0.25, 0.3) is 0 Å². The van der Waals surface area contributed by atoms with Crippen LogP contribution in [0.3, 0.4) is 0 Å². The van der Waals surface area contributed by atoms with E-state index < -0.39 is 11.9 Å². The van der Waals surface area contributed by atoms with Crippen LogP contribution in [-0.4, -0.2) is 32.4 Å². The zero-order valence-electron chi connectivity index (χ0n) is 13.8. The molecule has 0 amide bonds. The fourth-order valence-corrected chi connectivity index (χ4v) is 2.82. The maximum absolute atomic E-state index is 11.3. The summed E-state index contributed by atoms with van der Waals surface area (Å²) >= 11 is 0. The first-order valence-electron chi connectivity index (χ1n) is 7.97. The molecule has 0 fully saturated rings. The molecule has 0 unspecified atom stereocenters. The monoisotopic (exact) mass is 344 g/mol. The summed E-state index contributed by atoms with van der Waals surface area (Å²) in [4.78, 5) is 22.5. The molecule has 0 radical (unpaired) electrons. The summed E-state index contributed by atoms with van der Waals surface area (Å²) in [7, 11) is 0. The second-order valence-electron chi connectivity index (χ2n) is 5.86. The Morgan fingerprint density at radius 1 is 0.880 bits per heavy atom. The van der Waals surface area contributed by atoms with Gasteiger partial charge in [-0.25, -0.2) is 9.59 Å². The lowest BCUT2D eigenvalue weighted by molar-refractivity contribution is 0.0682. The highest BCUT2D eigenvalue weighted by Crippen LogP contribution is 2.34. The van der Waals surface area contributed by atoms with Gasteiger partial charge in [0.2, 0.25) is 0 Å². The van der Waals surface area contributed by atoms with E-state index in [1.54, 1.807) is 12.1 Å². The number of aromatic carboxylic acids is 2. The first-order valence-corrected chi connectivity index (χ1v) is 7.97. The zero-order valence-corrected chi connectivity index (χ0v) is 13.8. The van der Waals surface area contributed by atoms with Crippen molar-refractivity contribution in [2.45, 2.75) is 32.1 Å². The van der Waals surface area contributed by atoms with Crippen LogP contribution in [-0.2, 0) is 0 Å². The number of carbonyl (C=O) groups is 2. The second-order valence-corrected chi connectivity index (χ2v) is 5.86. The minimum atomic E-state index is -1.23. The Morgan fingerprint density at radius 3 is 1.68 bits per heavy atom. The number of hydrogen-bond acceptors (Lipinski definition) is 4. The lowest BCUT2D eigenvalue weighted by atomic mass is 9.85. The van der Waals surface area contributed by atoms with Crippen molar-refractivity contribution in [2.24, 2.45) is 0 Å². The maximum atomic E-state index is 11.3. The molecule has 0 aromatic heterocycles. The number of aromatic hydroxyl groups is 2. The second kappa shape index (κ2) is 7.70. The number of rotatable bonds is 7. The van der Waals surface area contributed by atoms with Gasteiger partial charge >= 0.3 is 11.9 Å². The van der Waals surface area contributed by atoms with Gasteiger partial charge in [-0.2, -0.15) is 0 Å². The minimum absolute atomic E-state index is 0.198. The van der Waals surface area contributed by atoms with Crippen molar-refractivity contribution < 1.29 is 30.0 Å². The van der Waals surface area contributed by atoms with Gasteiger partial charge in [0.15, 0.2) is 0 Å². The average molecular weight is 344 g/mol. The predicted octanol–water partition coefficient (Wildman–Crippen LogP) is 3.82. The Hall–Kier alpha value is -3.02. The van der Waals surface area contributed by atoms with Gasteiger partial charge in [0.05, 0.1) is 0 Å². The first kappa shape index (κ1) is 18.3. The maximum Gasteiger partial charge on any atom is 0.339 e. The largest absolute Gasteiger partial charge is 0.507 e. The molecule has 6 heteroatoms. The van der Waals surface area contributed by atoms with Gasteiger partial charge in [-0.1, -0.05) is 31.9 Å². The molecule has 2 rings (SSSR count). The predicted molar refractivity (Wildman–Crippen MR) is 91.5 cm³/mol. The van der Waals surface area contributed by atoms with E-state index >= 15 is 0 Å². The van der Waals surface area contributed by atoms with E-state index in [1.165, 1.54) is 24.3 Å². The highest BCUT2D eigenvalue weighted by atomic mass is 16.4. The fourth-order valence-electron chi connectivity index (χ4n) is 2.82. The molecular formula is C19H20O6. The molecule has 0 saturated heterocycles. The van der Waals surface area contributed by atoms with Crippen LogP contribution in [0.1, 0.15) is 63.9 Å². The summed E-state index contributed by atoms with van der Waals surface area (Å²) in [6, 6.07) is 8.74. The third-order valence-electron chi connectivity index (χ3n) is 4.15. The zero-order chi connectivity index (χ0) is 18.6. The van der Waals surface area contributed by atoms with Crippen LogP contribution in [0, 0.1) is 0 Å². The minimum Gasteiger partial charge on any atom is -0.507 e. The molecular weight excluding hydrogens is 324 g/mol. The van der Waals surface area contributed by atoms with Crippen LogP contribution < -0.4 is 0 Å². The van der Waals surface area contributed by atoms with Crippen molar-refractivity contribution in [1.82, 2.24) is 0 Å². The molecule has 0 heterocycles. The lowest BCUT2D eigenvalue weighted by Gasteiger charge is -2.19. The van der Waals surface area contributed by atoms with Crippen molar-refractivity contribution in [1.29, 1.82) is 0 Å². The molecule has 0 aliphatic heterocycles. The summed E-state index contributed by atoms with van der Waals surface area (Å²) in [6.07, 6.45) is 2.46. The molecule has 25 heavy (non-hydrogen) atoms. The fraction of sp³-hybridized carbons (Fsp3) is 0.263. The van der Waals surface area contributed by atoms with E-state index in [1.807, 2.05) is 6.92 Å². The Kier molecular flexibility index (Phi) is 5.64. The molecule has 2 aromatic carbocycles. The molecule has 0 aliphatic carbocycles. The van der Waals surface area contributed by atoms with Gasteiger partial charge in [0, 0.05) is 5.92 Å². The molecule has 0 aliphatic rings. The van der Waals surface area contributed by atoms with E-state index in [0.29, 0.717) is 17.5 Å². The summed E-state index contributed by atoms with van der Waals surface area (Å²) in [5.74, 6) is -3.33. The standard InChI is InChI=1S/C19H20O6/c1-2-3-4-13(11-5-7-16(20)14(9-11)18(22)23)12-6-8-17(21)15(10-12)19(24)25/h5-10,13,20-21H,2-4H2,1H3,(H,22,23)(H,24,25). The molecule has 6 nitrogen and oxygen atoms in total. The number of carboxylic acid groups (broad SMARTS) is 2. The molecule has 4 N–H and O–H groups in total. The topological polar surface area (TPSA) is 115 Å². The third kappa shape index (κ3) is 4.09. The lowest BCUT2D eigenvalue weighted by Crippen LogP contribution is -2.06. The van der Waals surface area contributed by atoms with Crippen molar-refractivity contribution in [3.05, 3.63) is 58.7 Å². The molecule has 2 aromatic rings. The Morgan fingerprint density at radius 2 is 1.32 bits per heavy atom. The molecule has 0 saturated carbocycles. The normalized spacial score (nSPS) is 10.8. The van der Waals surface area contributed by atoms with Gasteiger partial charge in [-0.15, -0.1) is 0 Å². The highest BCUT2D eigenvalue weighted by Gasteiger charge is 2.20. The number of carboxylic acids is 2. The Balaban J connectivity index is 2.53. The smallest absolute Gasteiger partial charge is 0.339 e. The van der Waals surface area contributed by atoms with E-state index in [-0.39, 0.29) is 28.5 Å². The van der Waals surface area contributed by atoms with Gasteiger partial charge < -0.3 is 20.4 Å². The van der Waals surface area contributed by atoms with Crippen LogP contribution in [0.5, 0.6) is 11.5 Å². The quantitative estimate of drug-likeness (QED) is 0.607. The van der Waals surface area contributed by atoms with Gasteiger partial charge in [-0.05, 0) is 41.8 Å². The van der Waals surface area contributed by atoms with Crippen LogP contribution in [0.15, 0.2) is 36.4 Å². The molecule has 0 spiro atoms. The van der Waals surface area contributed by atoms with E-state index in [9.17, 15) is 30.0 Å². The van der Waals surface area contributed by atoms with Gasteiger partial charge in [-0.3, -0.25) is 0 Å². The Labute approximate surface area is 145 Å². The third-order valence-corrected chi connectivity index (χ3v) is 4.15. The Bertz CT molecular complexity index is 733. The summed E-state index contributed by atoms with van der Waals surface area (Å²) in [5, 5.41) is 37.8. The summed E-state index contributed by atoms with van der Waals surface area (Å²) < 4.78 is 0. The van der Waals surface area contributed by atoms with Crippen molar-refractivity contribution in [3.63, 3.8) is 0 Å². The first-order chi connectivity index (χ1) is 11.8. The van der Waals surface area contributed by atoms with Crippen LogP contribution in [0.4, 0.5) is 0 Å². The van der Waals surface area contributed by atoms with E-state index in [4.69, 9.17) is 0 Å². The van der Waals surface area contributed by atoms with Crippen molar-refractivity contribution in [2.75, 3.05) is 0 Å². The average Bonchev–Trinajstić information content (AvgIpc) is 2.57. The molecule has 0 bridgehead atoms. The number of benzene rings is 2. The van der Waals surface area contributed by atoms with E-state index in [0.717, 1.165) is 12.8 Å². The van der Waals surface area contributed by atoms with E-state index in [2.05, 4.69) is 0 Å². The molecule has 0 atom stereocenters. The van der Waals surface area contributed by atoms with Crippen molar-refractivity contribution in [3.8, 4) is 11.5 Å². The number of unbranched alkanes of at least 4 members (excludes halogenated alkanes) is 1. The van der Waals surface area contributed by atoms with Crippen molar-refractivity contribution >= 4 is 11.9 Å². The highest BCUT2D eigenvalue weighted by molar-refractivity contribution is 5.91. The van der Waals surface area contributed by atoms with Gasteiger partial charge in [0.1, 0.15) is 22.6 Å². The summed E-state index contributed by atoms with van der Waals surface area (Å²) in [5.41, 5.74) is 0.948.